The lowest BCUT2D eigenvalue weighted by molar-refractivity contribution is 0.112. The highest BCUT2D eigenvalue weighted by Crippen LogP contribution is 2.26. The molecule has 2 aromatic rings. The van der Waals surface area contributed by atoms with E-state index in [0.29, 0.717) is 34.7 Å². The van der Waals surface area contributed by atoms with E-state index >= 15 is 0 Å². The van der Waals surface area contributed by atoms with Gasteiger partial charge in [-0.2, -0.15) is 0 Å². The third-order valence-corrected chi connectivity index (χ3v) is 3.78. The quantitative estimate of drug-likeness (QED) is 0.425. The molecule has 0 saturated carbocycles. The van der Waals surface area contributed by atoms with Gasteiger partial charge in [-0.25, -0.2) is 9.38 Å². The van der Waals surface area contributed by atoms with Crippen molar-refractivity contribution in [1.82, 2.24) is 0 Å². The van der Waals surface area contributed by atoms with E-state index in [0.717, 1.165) is 12.3 Å². The molecule has 0 aliphatic heterocycles. The molecule has 0 radical (unpaired) electrons. The fraction of sp³-hybridized carbons (Fsp3) is 0.222. The second kappa shape index (κ2) is 7.88. The summed E-state index contributed by atoms with van der Waals surface area (Å²) >= 11 is 6.04. The van der Waals surface area contributed by atoms with E-state index in [-0.39, 0.29) is 5.82 Å². The molecule has 0 atom stereocenters. The Morgan fingerprint density at radius 1 is 1.30 bits per heavy atom. The predicted molar refractivity (Wildman–Crippen MR) is 93.6 cm³/mol. The van der Waals surface area contributed by atoms with Crippen molar-refractivity contribution in [2.45, 2.75) is 19.8 Å². The fourth-order valence-electron chi connectivity index (χ4n) is 2.23. The number of amidine groups is 1. The normalized spacial score (nSPS) is 11.4. The number of hydrogen-bond donors (Lipinski definition) is 0. The fourth-order valence-corrected chi connectivity index (χ4v) is 2.45. The molecule has 0 aromatic heterocycles. The Morgan fingerprint density at radius 3 is 2.70 bits per heavy atom. The maximum absolute atomic E-state index is 13.4. The van der Waals surface area contributed by atoms with E-state index in [1.807, 2.05) is 24.9 Å². The Balaban J connectivity index is 2.45. The maximum Gasteiger partial charge on any atom is 0.153 e. The number of benzene rings is 2. The van der Waals surface area contributed by atoms with Gasteiger partial charge >= 0.3 is 0 Å². The zero-order valence-corrected chi connectivity index (χ0v) is 13.8. The van der Waals surface area contributed by atoms with Crippen LogP contribution in [0.25, 0.3) is 0 Å². The number of aliphatic imine (C=N–C) groups is 1. The Bertz CT molecular complexity index is 731. The summed E-state index contributed by atoms with van der Waals surface area (Å²) in [7, 11) is 1.83. The number of carbonyl (C=O) groups excluding carboxylic acids is 1. The average Bonchev–Trinajstić information content (AvgIpc) is 2.54. The molecule has 23 heavy (non-hydrogen) atoms. The van der Waals surface area contributed by atoms with Crippen LogP contribution in [0.4, 0.5) is 15.8 Å². The second-order valence-corrected chi connectivity index (χ2v) is 5.51. The Labute approximate surface area is 140 Å². The highest BCUT2D eigenvalue weighted by Gasteiger charge is 2.12. The summed E-state index contributed by atoms with van der Waals surface area (Å²) in [5, 5.41) is 0.366. The summed E-state index contributed by atoms with van der Waals surface area (Å²) in [6.07, 6.45) is 2.26. The maximum atomic E-state index is 13.4. The van der Waals surface area contributed by atoms with Gasteiger partial charge in [0.15, 0.2) is 6.29 Å². The number of carbonyl (C=O) groups is 1. The molecule has 0 aliphatic rings. The molecule has 0 heterocycles. The lowest BCUT2D eigenvalue weighted by atomic mass is 10.2. The van der Waals surface area contributed by atoms with Crippen LogP contribution in [0.5, 0.6) is 0 Å². The Kier molecular flexibility index (Phi) is 5.88. The minimum absolute atomic E-state index is 0.304. The van der Waals surface area contributed by atoms with E-state index < -0.39 is 0 Å². The molecule has 0 aliphatic carbocycles. The van der Waals surface area contributed by atoms with Gasteiger partial charge in [0, 0.05) is 19.2 Å². The molecule has 120 valence electrons. The molecule has 0 saturated heterocycles. The summed E-state index contributed by atoms with van der Waals surface area (Å²) in [6, 6.07) is 11.5. The van der Waals surface area contributed by atoms with E-state index in [1.54, 1.807) is 24.3 Å². The number of halogens is 2. The highest BCUT2D eigenvalue weighted by molar-refractivity contribution is 6.33. The molecule has 2 aromatic carbocycles. The summed E-state index contributed by atoms with van der Waals surface area (Å²) in [6.45, 7) is 2.04. The van der Waals surface area contributed by atoms with Crippen LogP contribution in [0, 0.1) is 5.82 Å². The van der Waals surface area contributed by atoms with E-state index in [2.05, 4.69) is 4.99 Å². The molecule has 0 N–H and O–H groups in total. The molecule has 0 spiro atoms. The van der Waals surface area contributed by atoms with Crippen LogP contribution in [-0.4, -0.2) is 19.2 Å². The minimum atomic E-state index is -0.304. The highest BCUT2D eigenvalue weighted by atomic mass is 35.5. The first-order chi connectivity index (χ1) is 11.1. The molecule has 0 unspecified atom stereocenters. The Morgan fingerprint density at radius 2 is 2.04 bits per heavy atom. The zero-order valence-electron chi connectivity index (χ0n) is 13.1. The van der Waals surface area contributed by atoms with Crippen molar-refractivity contribution in [3.63, 3.8) is 0 Å². The average molecular weight is 333 g/mol. The smallest absolute Gasteiger partial charge is 0.153 e. The van der Waals surface area contributed by atoms with Crippen molar-refractivity contribution in [2.24, 2.45) is 4.99 Å². The summed E-state index contributed by atoms with van der Waals surface area (Å²) in [4.78, 5) is 17.7. The van der Waals surface area contributed by atoms with Crippen LogP contribution in [-0.2, 0) is 0 Å². The zero-order chi connectivity index (χ0) is 16.8. The summed E-state index contributed by atoms with van der Waals surface area (Å²) in [5.74, 6) is 0.435. The summed E-state index contributed by atoms with van der Waals surface area (Å²) < 4.78 is 13.4. The molecule has 3 nitrogen and oxygen atoms in total. The van der Waals surface area contributed by atoms with Gasteiger partial charge in [-0.15, -0.1) is 0 Å². The van der Waals surface area contributed by atoms with Crippen LogP contribution in [0.1, 0.15) is 30.1 Å². The van der Waals surface area contributed by atoms with Gasteiger partial charge < -0.3 is 4.90 Å². The van der Waals surface area contributed by atoms with Crippen LogP contribution in [0.3, 0.4) is 0 Å². The molecule has 2 rings (SSSR count). The van der Waals surface area contributed by atoms with Crippen LogP contribution in [0.2, 0.25) is 5.02 Å². The first-order valence-electron chi connectivity index (χ1n) is 7.37. The van der Waals surface area contributed by atoms with E-state index in [4.69, 9.17) is 11.6 Å². The first-order valence-corrected chi connectivity index (χ1v) is 7.75. The Hall–Kier alpha value is -2.20. The topological polar surface area (TPSA) is 32.7 Å². The number of nitrogens with zero attached hydrogens (tertiary/aromatic N) is 2. The van der Waals surface area contributed by atoms with Crippen molar-refractivity contribution in [3.8, 4) is 0 Å². The lowest BCUT2D eigenvalue weighted by Gasteiger charge is -2.21. The van der Waals surface area contributed by atoms with Crippen molar-refractivity contribution in [3.05, 3.63) is 58.9 Å². The first kappa shape index (κ1) is 17.2. The van der Waals surface area contributed by atoms with Crippen molar-refractivity contribution >= 4 is 35.1 Å². The van der Waals surface area contributed by atoms with E-state index in [1.165, 1.54) is 12.1 Å². The number of rotatable bonds is 5. The SMILES string of the molecule is CCCC(=Nc1cccc(Cl)c1C=O)N(C)c1cccc(F)c1. The molecule has 0 bridgehead atoms. The van der Waals surface area contributed by atoms with E-state index in [9.17, 15) is 9.18 Å². The third kappa shape index (κ3) is 4.17. The van der Waals surface area contributed by atoms with Gasteiger partial charge in [-0.1, -0.05) is 30.7 Å². The molecular weight excluding hydrogens is 315 g/mol. The minimum Gasteiger partial charge on any atom is -0.333 e. The molecule has 0 fully saturated rings. The van der Waals surface area contributed by atoms with Gasteiger partial charge in [0.2, 0.25) is 0 Å². The van der Waals surface area contributed by atoms with Gasteiger partial charge in [0.1, 0.15) is 11.7 Å². The molecular formula is C18H18ClFN2O. The molecule has 5 heteroatoms. The predicted octanol–water partition coefficient (Wildman–Crippen LogP) is 5.26. The second-order valence-electron chi connectivity index (χ2n) is 5.11. The van der Waals surface area contributed by atoms with Crippen LogP contribution < -0.4 is 4.90 Å². The monoisotopic (exact) mass is 332 g/mol. The van der Waals surface area contributed by atoms with Gasteiger partial charge in [0.05, 0.1) is 16.3 Å². The number of anilines is 1. The lowest BCUT2D eigenvalue weighted by Crippen LogP contribution is -2.26. The van der Waals surface area contributed by atoms with Crippen LogP contribution >= 0.6 is 11.6 Å². The number of hydrogen-bond acceptors (Lipinski definition) is 2. The van der Waals surface area contributed by atoms with Gasteiger partial charge in [0.25, 0.3) is 0 Å². The summed E-state index contributed by atoms with van der Waals surface area (Å²) in [5.41, 5.74) is 1.57. The standard InChI is InChI=1S/C18H18ClFN2O/c1-3-6-18(22(2)14-8-4-7-13(20)11-14)21-17-10-5-9-16(19)15(17)12-23/h4-5,7-12H,3,6H2,1-2H3. The largest absolute Gasteiger partial charge is 0.333 e. The van der Waals surface area contributed by atoms with Gasteiger partial charge in [-0.3, -0.25) is 4.79 Å². The van der Waals surface area contributed by atoms with Crippen molar-refractivity contribution in [1.29, 1.82) is 0 Å². The molecule has 0 amide bonds. The third-order valence-electron chi connectivity index (χ3n) is 3.45. The number of aldehydes is 1. The van der Waals surface area contributed by atoms with Crippen molar-refractivity contribution in [2.75, 3.05) is 11.9 Å². The van der Waals surface area contributed by atoms with Crippen molar-refractivity contribution < 1.29 is 9.18 Å². The van der Waals surface area contributed by atoms with Crippen LogP contribution in [0.15, 0.2) is 47.5 Å². The van der Waals surface area contributed by atoms with Gasteiger partial charge in [-0.05, 0) is 36.8 Å².